The molecule has 0 unspecified atom stereocenters. The van der Waals surface area contributed by atoms with Crippen LogP contribution in [0.1, 0.15) is 11.3 Å². The summed E-state index contributed by atoms with van der Waals surface area (Å²) >= 11 is 0. The summed E-state index contributed by atoms with van der Waals surface area (Å²) in [7, 11) is 0. The molecule has 1 N–H and O–H groups in total. The Morgan fingerprint density at radius 3 is 2.78 bits per heavy atom. The molecule has 0 bridgehead atoms. The predicted molar refractivity (Wildman–Crippen MR) is 99.1 cm³/mol. The molecule has 0 fully saturated rings. The van der Waals surface area contributed by atoms with Crippen LogP contribution in [0, 0.1) is 12.3 Å². The zero-order chi connectivity index (χ0) is 18.4. The first-order valence-corrected chi connectivity index (χ1v) is 8.61. The van der Waals surface area contributed by atoms with Crippen molar-refractivity contribution >= 4 is 10.9 Å². The van der Waals surface area contributed by atoms with Crippen molar-refractivity contribution in [2.24, 2.45) is 0 Å². The van der Waals surface area contributed by atoms with Crippen molar-refractivity contribution in [3.63, 3.8) is 0 Å². The third-order valence-corrected chi connectivity index (χ3v) is 4.66. The lowest BCUT2D eigenvalue weighted by Crippen LogP contribution is -2.21. The van der Waals surface area contributed by atoms with Gasteiger partial charge in [-0.05, 0) is 42.8 Å². The summed E-state index contributed by atoms with van der Waals surface area (Å²) in [5, 5.41) is 9.44. The van der Waals surface area contributed by atoms with Gasteiger partial charge in [-0.25, -0.2) is 9.97 Å². The fraction of sp³-hybridized carbons (Fsp3) is 0.150. The zero-order valence-electron chi connectivity index (χ0n) is 14.7. The molecule has 7 heteroatoms. The Kier molecular flexibility index (Phi) is 3.46. The van der Waals surface area contributed by atoms with Crippen molar-refractivity contribution in [3.8, 4) is 17.2 Å². The van der Waals surface area contributed by atoms with Crippen LogP contribution in [0.15, 0.2) is 55.2 Å². The number of benzene rings is 2. The quantitative estimate of drug-likeness (QED) is 0.610. The number of nitrogens with zero attached hydrogens (tertiary/aromatic N) is 4. The van der Waals surface area contributed by atoms with Crippen LogP contribution in [0.25, 0.3) is 16.6 Å². The van der Waals surface area contributed by atoms with E-state index in [4.69, 9.17) is 14.9 Å². The van der Waals surface area contributed by atoms with Crippen LogP contribution in [0.2, 0.25) is 0 Å². The number of nitrogens with one attached hydrogen (secondary N) is 1. The van der Waals surface area contributed by atoms with Crippen LogP contribution in [-0.2, 0) is 6.54 Å². The molecule has 4 aromatic rings. The summed E-state index contributed by atoms with van der Waals surface area (Å²) in [4.78, 5) is 8.78. The minimum absolute atomic E-state index is 0.254. The molecule has 0 spiro atoms. The monoisotopic (exact) mass is 359 g/mol. The first-order valence-electron chi connectivity index (χ1n) is 8.61. The van der Waals surface area contributed by atoms with E-state index in [0.717, 1.165) is 39.3 Å². The van der Waals surface area contributed by atoms with Gasteiger partial charge in [0.15, 0.2) is 11.5 Å². The van der Waals surface area contributed by atoms with Crippen molar-refractivity contribution in [3.05, 3.63) is 72.0 Å². The predicted octanol–water partition coefficient (Wildman–Crippen LogP) is 2.79. The van der Waals surface area contributed by atoms with Gasteiger partial charge in [0.05, 0.1) is 30.4 Å². The summed E-state index contributed by atoms with van der Waals surface area (Å²) in [6.45, 7) is 2.74. The van der Waals surface area contributed by atoms with Gasteiger partial charge in [-0.3, -0.25) is 5.41 Å². The Morgan fingerprint density at radius 2 is 1.93 bits per heavy atom. The number of ether oxygens (including phenoxy) is 2. The third-order valence-electron chi connectivity index (χ3n) is 4.66. The number of hydrogen-bond acceptors (Lipinski definition) is 5. The van der Waals surface area contributed by atoms with Gasteiger partial charge < -0.3 is 18.6 Å². The number of aromatic nitrogens is 4. The third kappa shape index (κ3) is 2.73. The molecule has 1 aliphatic heterocycles. The van der Waals surface area contributed by atoms with Crippen molar-refractivity contribution in [1.29, 1.82) is 5.41 Å². The van der Waals surface area contributed by atoms with E-state index in [9.17, 15) is 0 Å². The summed E-state index contributed by atoms with van der Waals surface area (Å²) in [6, 6.07) is 11.7. The molecule has 2 aromatic carbocycles. The number of hydrogen-bond donors (Lipinski definition) is 1. The summed E-state index contributed by atoms with van der Waals surface area (Å²) < 4.78 is 14.6. The first-order chi connectivity index (χ1) is 13.2. The van der Waals surface area contributed by atoms with Crippen molar-refractivity contribution < 1.29 is 9.47 Å². The largest absolute Gasteiger partial charge is 0.454 e. The van der Waals surface area contributed by atoms with E-state index >= 15 is 0 Å². The molecular formula is C20H17N5O2. The fourth-order valence-electron chi connectivity index (χ4n) is 3.25. The average Bonchev–Trinajstić information content (AvgIpc) is 3.32. The summed E-state index contributed by atoms with van der Waals surface area (Å²) in [6.07, 6.45) is 5.44. The maximum Gasteiger partial charge on any atom is 0.231 e. The van der Waals surface area contributed by atoms with E-state index < -0.39 is 0 Å². The molecule has 134 valence electrons. The fourth-order valence-corrected chi connectivity index (χ4v) is 3.25. The highest BCUT2D eigenvalue weighted by atomic mass is 16.7. The molecule has 1 aliphatic rings. The maximum absolute atomic E-state index is 8.65. The Balaban J connectivity index is 1.55. The van der Waals surface area contributed by atoms with Crippen LogP contribution in [0.3, 0.4) is 0 Å². The maximum atomic E-state index is 8.65. The van der Waals surface area contributed by atoms with Gasteiger partial charge in [0.1, 0.15) is 5.49 Å². The van der Waals surface area contributed by atoms with E-state index in [2.05, 4.69) is 9.97 Å². The SMILES string of the molecule is Cc1cn(-c2ccc3ncn(Cc4ccc5c(c4)OCO5)c(=N)c3c2)cn1. The number of fused-ring (bicyclic) bond motifs is 2. The van der Waals surface area contributed by atoms with Crippen LogP contribution >= 0.6 is 0 Å². The van der Waals surface area contributed by atoms with E-state index in [1.165, 1.54) is 0 Å². The molecule has 0 saturated heterocycles. The van der Waals surface area contributed by atoms with Crippen molar-refractivity contribution in [1.82, 2.24) is 19.1 Å². The summed E-state index contributed by atoms with van der Waals surface area (Å²) in [5.41, 5.74) is 4.14. The van der Waals surface area contributed by atoms with Gasteiger partial charge in [0.25, 0.3) is 0 Å². The van der Waals surface area contributed by atoms with E-state index in [1.54, 1.807) is 12.7 Å². The second-order valence-electron chi connectivity index (χ2n) is 6.53. The first kappa shape index (κ1) is 15.6. The Bertz CT molecular complexity index is 1220. The molecular weight excluding hydrogens is 342 g/mol. The number of aryl methyl sites for hydroxylation is 1. The van der Waals surface area contributed by atoms with Gasteiger partial charge in [-0.1, -0.05) is 6.07 Å². The molecule has 5 rings (SSSR count). The lowest BCUT2D eigenvalue weighted by atomic mass is 10.2. The number of rotatable bonds is 3. The van der Waals surface area contributed by atoms with Crippen molar-refractivity contribution in [2.75, 3.05) is 6.79 Å². The molecule has 3 heterocycles. The van der Waals surface area contributed by atoms with Crippen LogP contribution in [-0.4, -0.2) is 25.9 Å². The molecule has 0 atom stereocenters. The highest BCUT2D eigenvalue weighted by molar-refractivity contribution is 5.79. The van der Waals surface area contributed by atoms with E-state index in [1.807, 2.05) is 58.7 Å². The van der Waals surface area contributed by atoms with Gasteiger partial charge in [0.2, 0.25) is 6.79 Å². The molecule has 0 radical (unpaired) electrons. The number of imidazole rings is 1. The minimum atomic E-state index is 0.254. The van der Waals surface area contributed by atoms with Crippen LogP contribution < -0.4 is 15.0 Å². The van der Waals surface area contributed by atoms with Gasteiger partial charge >= 0.3 is 0 Å². The average molecular weight is 359 g/mol. The zero-order valence-corrected chi connectivity index (χ0v) is 14.7. The lowest BCUT2D eigenvalue weighted by molar-refractivity contribution is 0.174. The smallest absolute Gasteiger partial charge is 0.231 e. The minimum Gasteiger partial charge on any atom is -0.454 e. The molecule has 7 nitrogen and oxygen atoms in total. The normalized spacial score (nSPS) is 12.6. The second kappa shape index (κ2) is 5.98. The van der Waals surface area contributed by atoms with Gasteiger partial charge in [-0.15, -0.1) is 0 Å². The van der Waals surface area contributed by atoms with Gasteiger partial charge in [0, 0.05) is 17.3 Å². The van der Waals surface area contributed by atoms with E-state index in [0.29, 0.717) is 12.0 Å². The Labute approximate surface area is 155 Å². The van der Waals surface area contributed by atoms with Crippen LogP contribution in [0.5, 0.6) is 11.5 Å². The summed E-state index contributed by atoms with van der Waals surface area (Å²) in [5.74, 6) is 1.50. The molecule has 0 aliphatic carbocycles. The Morgan fingerprint density at radius 1 is 1.04 bits per heavy atom. The standard InChI is InChI=1S/C20H17N5O2/c1-13-8-24(10-22-13)15-3-4-17-16(7-15)20(21)25(11-23-17)9-14-2-5-18-19(6-14)27-12-26-18/h2-8,10-11,21H,9,12H2,1H3. The molecule has 2 aromatic heterocycles. The van der Waals surface area contributed by atoms with Gasteiger partial charge in [-0.2, -0.15) is 0 Å². The Hall–Kier alpha value is -3.61. The molecule has 0 saturated carbocycles. The van der Waals surface area contributed by atoms with Crippen LogP contribution in [0.4, 0.5) is 0 Å². The molecule has 0 amide bonds. The second-order valence-corrected chi connectivity index (χ2v) is 6.53. The van der Waals surface area contributed by atoms with Crippen molar-refractivity contribution in [2.45, 2.75) is 13.5 Å². The molecule has 27 heavy (non-hydrogen) atoms. The highest BCUT2D eigenvalue weighted by Gasteiger charge is 2.13. The lowest BCUT2D eigenvalue weighted by Gasteiger charge is -2.10. The van der Waals surface area contributed by atoms with E-state index in [-0.39, 0.29) is 6.79 Å². The topological polar surface area (TPSA) is 78.0 Å². The highest BCUT2D eigenvalue weighted by Crippen LogP contribution is 2.32.